The quantitative estimate of drug-likeness (QED) is 0.589. The Kier molecular flexibility index (Phi) is 6.44. The maximum atomic E-state index is 13.4. The second-order valence-electron chi connectivity index (χ2n) is 7.05. The lowest BCUT2D eigenvalue weighted by Gasteiger charge is -2.15. The smallest absolute Gasteiger partial charge is 0.433 e. The molecule has 0 aliphatic carbocycles. The van der Waals surface area contributed by atoms with Crippen molar-refractivity contribution < 1.29 is 22.7 Å². The van der Waals surface area contributed by atoms with E-state index >= 15 is 0 Å². The minimum Gasteiger partial charge on any atom is -0.489 e. The highest BCUT2D eigenvalue weighted by molar-refractivity contribution is 5.95. The van der Waals surface area contributed by atoms with Crippen LogP contribution in [-0.2, 0) is 19.3 Å². The summed E-state index contributed by atoms with van der Waals surface area (Å²) >= 11 is 0. The fourth-order valence-corrected chi connectivity index (χ4v) is 2.99. The first-order valence-corrected chi connectivity index (χ1v) is 9.44. The summed E-state index contributed by atoms with van der Waals surface area (Å²) in [7, 11) is 0. The Balaban J connectivity index is 1.67. The molecule has 0 saturated heterocycles. The van der Waals surface area contributed by atoms with Gasteiger partial charge in [0, 0.05) is 12.6 Å². The second kappa shape index (κ2) is 9.02. The second-order valence-corrected chi connectivity index (χ2v) is 7.05. The Morgan fingerprint density at radius 1 is 1.10 bits per heavy atom. The van der Waals surface area contributed by atoms with E-state index in [0.717, 1.165) is 27.8 Å². The molecule has 0 unspecified atom stereocenters. The molecule has 0 saturated carbocycles. The number of aromatic nitrogens is 2. The maximum absolute atomic E-state index is 13.4. The molecule has 0 radical (unpaired) electrons. The van der Waals surface area contributed by atoms with Crippen molar-refractivity contribution in [3.05, 3.63) is 83.2 Å². The van der Waals surface area contributed by atoms with Crippen LogP contribution in [0.15, 0.2) is 60.8 Å². The number of carbonyl (C=O) groups excluding carboxylic acids is 1. The first kappa shape index (κ1) is 21.4. The predicted octanol–water partition coefficient (Wildman–Crippen LogP) is 4.99. The van der Waals surface area contributed by atoms with Gasteiger partial charge >= 0.3 is 6.18 Å². The molecule has 1 aromatic heterocycles. The van der Waals surface area contributed by atoms with Crippen molar-refractivity contribution in [2.45, 2.75) is 39.2 Å². The van der Waals surface area contributed by atoms with Gasteiger partial charge in [-0.1, -0.05) is 42.5 Å². The monoisotopic (exact) mass is 417 g/mol. The van der Waals surface area contributed by atoms with Crippen LogP contribution in [0.1, 0.15) is 47.1 Å². The van der Waals surface area contributed by atoms with Gasteiger partial charge in [0.15, 0.2) is 5.69 Å². The summed E-state index contributed by atoms with van der Waals surface area (Å²) in [5.74, 6) is -0.0850. The van der Waals surface area contributed by atoms with Gasteiger partial charge in [-0.3, -0.25) is 9.48 Å². The van der Waals surface area contributed by atoms with Crippen LogP contribution in [0.5, 0.6) is 5.75 Å². The van der Waals surface area contributed by atoms with Gasteiger partial charge < -0.3 is 10.1 Å². The molecule has 0 fully saturated rings. The summed E-state index contributed by atoms with van der Waals surface area (Å²) in [6.07, 6.45) is -3.72. The van der Waals surface area contributed by atoms with Gasteiger partial charge in [-0.05, 0) is 37.1 Å². The highest BCUT2D eigenvalue weighted by atomic mass is 19.4. The summed E-state index contributed by atoms with van der Waals surface area (Å²) < 4.78 is 46.9. The van der Waals surface area contributed by atoms with Crippen molar-refractivity contribution in [3.63, 3.8) is 0 Å². The van der Waals surface area contributed by atoms with Gasteiger partial charge in [0.2, 0.25) is 0 Å². The van der Waals surface area contributed by atoms with E-state index in [1.54, 1.807) is 19.9 Å². The van der Waals surface area contributed by atoms with Gasteiger partial charge in [-0.2, -0.15) is 18.3 Å². The van der Waals surface area contributed by atoms with Crippen LogP contribution in [-0.4, -0.2) is 15.7 Å². The van der Waals surface area contributed by atoms with Gasteiger partial charge in [-0.25, -0.2) is 0 Å². The molecule has 1 N–H and O–H groups in total. The molecular weight excluding hydrogens is 395 g/mol. The predicted molar refractivity (Wildman–Crippen MR) is 106 cm³/mol. The average molecular weight is 417 g/mol. The standard InChI is InChI=1S/C22H22F3N3O2/c1-15(2)28-20(22(23,24)25)19(13-27-28)21(29)26-12-16-7-6-8-17(11-16)14-30-18-9-4-3-5-10-18/h3-11,13,15H,12,14H2,1-2H3,(H,26,29). The van der Waals surface area contributed by atoms with E-state index in [1.807, 2.05) is 48.5 Å². The number of halogens is 3. The fraction of sp³-hybridized carbons (Fsp3) is 0.273. The SMILES string of the molecule is CC(C)n1ncc(C(=O)NCc2cccc(COc3ccccc3)c2)c1C(F)(F)F. The fourth-order valence-electron chi connectivity index (χ4n) is 2.99. The highest BCUT2D eigenvalue weighted by Crippen LogP contribution is 2.33. The number of carbonyl (C=O) groups is 1. The zero-order valence-electron chi connectivity index (χ0n) is 16.6. The minimum absolute atomic E-state index is 0.0855. The van der Waals surface area contributed by atoms with Crippen LogP contribution in [0.25, 0.3) is 0 Å². The van der Waals surface area contributed by atoms with Gasteiger partial charge in [0.1, 0.15) is 12.4 Å². The third-order valence-electron chi connectivity index (χ3n) is 4.39. The van der Waals surface area contributed by atoms with Gasteiger partial charge in [0.25, 0.3) is 5.91 Å². The molecule has 0 spiro atoms. The third-order valence-corrected chi connectivity index (χ3v) is 4.39. The number of alkyl halides is 3. The number of benzene rings is 2. The average Bonchev–Trinajstić information content (AvgIpc) is 3.18. The number of hydrogen-bond donors (Lipinski definition) is 1. The molecule has 1 heterocycles. The number of para-hydroxylation sites is 1. The number of rotatable bonds is 7. The summed E-state index contributed by atoms with van der Waals surface area (Å²) in [6.45, 7) is 3.58. The van der Waals surface area contributed by atoms with Crippen LogP contribution >= 0.6 is 0 Å². The molecule has 158 valence electrons. The molecule has 0 aliphatic rings. The van der Waals surface area contributed by atoms with E-state index in [4.69, 9.17) is 4.74 Å². The number of hydrogen-bond acceptors (Lipinski definition) is 3. The van der Waals surface area contributed by atoms with Crippen molar-refractivity contribution in [3.8, 4) is 5.75 Å². The highest BCUT2D eigenvalue weighted by Gasteiger charge is 2.40. The van der Waals surface area contributed by atoms with E-state index in [-0.39, 0.29) is 6.54 Å². The molecular formula is C22H22F3N3O2. The van der Waals surface area contributed by atoms with E-state index in [0.29, 0.717) is 6.61 Å². The Bertz CT molecular complexity index is 998. The largest absolute Gasteiger partial charge is 0.489 e. The molecule has 3 aromatic rings. The van der Waals surface area contributed by atoms with Crippen LogP contribution in [0.2, 0.25) is 0 Å². The molecule has 8 heteroatoms. The third kappa shape index (κ3) is 5.20. The minimum atomic E-state index is -4.68. The van der Waals surface area contributed by atoms with E-state index < -0.39 is 29.4 Å². The Morgan fingerprint density at radius 2 is 1.80 bits per heavy atom. The van der Waals surface area contributed by atoms with Crippen LogP contribution in [0.4, 0.5) is 13.2 Å². The zero-order chi connectivity index (χ0) is 21.7. The number of nitrogens with one attached hydrogen (secondary N) is 1. The summed E-state index contributed by atoms with van der Waals surface area (Å²) in [4.78, 5) is 12.4. The van der Waals surface area contributed by atoms with Crippen LogP contribution in [0.3, 0.4) is 0 Å². The van der Waals surface area contributed by atoms with Gasteiger partial charge in [-0.15, -0.1) is 0 Å². The summed E-state index contributed by atoms with van der Waals surface area (Å²) in [6, 6.07) is 16.1. The van der Waals surface area contributed by atoms with Crippen molar-refractivity contribution in [2.24, 2.45) is 0 Å². The molecule has 5 nitrogen and oxygen atoms in total. The van der Waals surface area contributed by atoms with E-state index in [1.165, 1.54) is 0 Å². The molecule has 3 rings (SSSR count). The summed E-state index contributed by atoms with van der Waals surface area (Å²) in [5, 5.41) is 6.29. The van der Waals surface area contributed by atoms with Crippen LogP contribution < -0.4 is 10.1 Å². The molecule has 1 amide bonds. The molecule has 0 bridgehead atoms. The molecule has 0 atom stereocenters. The van der Waals surface area contributed by atoms with Crippen molar-refractivity contribution in [1.82, 2.24) is 15.1 Å². The number of nitrogens with zero attached hydrogens (tertiary/aromatic N) is 2. The van der Waals surface area contributed by atoms with Gasteiger partial charge in [0.05, 0.1) is 11.8 Å². The lowest BCUT2D eigenvalue weighted by Crippen LogP contribution is -2.27. The zero-order valence-corrected chi connectivity index (χ0v) is 16.6. The first-order chi connectivity index (χ1) is 14.3. The maximum Gasteiger partial charge on any atom is 0.433 e. The lowest BCUT2D eigenvalue weighted by atomic mass is 10.1. The molecule has 2 aromatic carbocycles. The lowest BCUT2D eigenvalue weighted by molar-refractivity contribution is -0.145. The first-order valence-electron chi connectivity index (χ1n) is 9.44. The van der Waals surface area contributed by atoms with E-state index in [9.17, 15) is 18.0 Å². The Hall–Kier alpha value is -3.29. The summed E-state index contributed by atoms with van der Waals surface area (Å²) in [5.41, 5.74) is 0.108. The van der Waals surface area contributed by atoms with Crippen LogP contribution in [0, 0.1) is 0 Å². The molecule has 30 heavy (non-hydrogen) atoms. The number of amides is 1. The van der Waals surface area contributed by atoms with Crippen molar-refractivity contribution >= 4 is 5.91 Å². The van der Waals surface area contributed by atoms with Crippen molar-refractivity contribution in [2.75, 3.05) is 0 Å². The Morgan fingerprint density at radius 3 is 2.47 bits per heavy atom. The number of ether oxygens (including phenoxy) is 1. The Labute approximate surface area is 172 Å². The van der Waals surface area contributed by atoms with E-state index in [2.05, 4.69) is 10.4 Å². The normalized spacial score (nSPS) is 11.5. The van der Waals surface area contributed by atoms with Crippen molar-refractivity contribution in [1.29, 1.82) is 0 Å². The topological polar surface area (TPSA) is 56.2 Å². The molecule has 0 aliphatic heterocycles.